The molecule has 112 valence electrons. The van der Waals surface area contributed by atoms with Gasteiger partial charge >= 0.3 is 0 Å². The lowest BCUT2D eigenvalue weighted by molar-refractivity contribution is 0.111. The van der Waals surface area contributed by atoms with E-state index in [1.54, 1.807) is 0 Å². The Morgan fingerprint density at radius 1 is 0.955 bits per heavy atom. The first-order valence-corrected chi connectivity index (χ1v) is 7.72. The number of carbonyl (C=O) groups is 1. The summed E-state index contributed by atoms with van der Waals surface area (Å²) in [6.07, 6.45) is 4.00. The van der Waals surface area contributed by atoms with Gasteiger partial charge in [-0.3, -0.25) is 4.79 Å². The third-order valence-electron chi connectivity index (χ3n) is 4.52. The van der Waals surface area contributed by atoms with E-state index in [-0.39, 0.29) is 0 Å². The third-order valence-corrected chi connectivity index (χ3v) is 4.52. The van der Waals surface area contributed by atoms with Gasteiger partial charge in [0.25, 0.3) is 0 Å². The van der Waals surface area contributed by atoms with E-state index >= 15 is 0 Å². The van der Waals surface area contributed by atoms with Gasteiger partial charge in [-0.15, -0.1) is 0 Å². The number of pyridine rings is 1. The molecule has 0 aliphatic carbocycles. The normalized spacial score (nSPS) is 11.1. The molecular weight excluding hydrogens is 270 g/mol. The molecule has 0 fully saturated rings. The van der Waals surface area contributed by atoms with E-state index in [1.807, 2.05) is 4.40 Å². The SMILES string of the molecule is CCc1ccc2cc(-c3cc(C)c(C)cc3C)c(C=O)n2c1. The summed E-state index contributed by atoms with van der Waals surface area (Å²) in [5, 5.41) is 0. The third kappa shape index (κ3) is 2.25. The van der Waals surface area contributed by atoms with Crippen molar-refractivity contribution in [1.29, 1.82) is 0 Å². The van der Waals surface area contributed by atoms with Crippen LogP contribution in [0.5, 0.6) is 0 Å². The molecule has 1 aromatic carbocycles. The maximum absolute atomic E-state index is 11.7. The van der Waals surface area contributed by atoms with Gasteiger partial charge in [0.1, 0.15) is 0 Å². The summed E-state index contributed by atoms with van der Waals surface area (Å²) in [6, 6.07) is 10.7. The van der Waals surface area contributed by atoms with Gasteiger partial charge in [0.15, 0.2) is 6.29 Å². The lowest BCUT2D eigenvalue weighted by atomic mass is 9.95. The van der Waals surface area contributed by atoms with Crippen LogP contribution in [0.4, 0.5) is 0 Å². The van der Waals surface area contributed by atoms with Crippen LogP contribution < -0.4 is 0 Å². The highest BCUT2D eigenvalue weighted by Crippen LogP contribution is 2.31. The van der Waals surface area contributed by atoms with Crippen LogP contribution in [0.3, 0.4) is 0 Å². The second kappa shape index (κ2) is 5.45. The molecule has 0 spiro atoms. The Balaban J connectivity index is 2.31. The molecule has 0 unspecified atom stereocenters. The number of rotatable bonds is 3. The molecule has 0 amide bonds. The molecule has 2 aromatic heterocycles. The van der Waals surface area contributed by atoms with E-state index in [2.05, 4.69) is 64.2 Å². The molecule has 0 aliphatic rings. The zero-order valence-corrected chi connectivity index (χ0v) is 13.6. The van der Waals surface area contributed by atoms with Crippen LogP contribution >= 0.6 is 0 Å². The van der Waals surface area contributed by atoms with Gasteiger partial charge in [-0.2, -0.15) is 0 Å². The fourth-order valence-electron chi connectivity index (χ4n) is 3.03. The summed E-state index contributed by atoms with van der Waals surface area (Å²) in [4.78, 5) is 11.7. The average molecular weight is 291 g/mol. The van der Waals surface area contributed by atoms with Crippen molar-refractivity contribution < 1.29 is 4.79 Å². The van der Waals surface area contributed by atoms with Crippen LogP contribution in [-0.2, 0) is 6.42 Å². The van der Waals surface area contributed by atoms with Gasteiger partial charge in [-0.25, -0.2) is 0 Å². The molecule has 0 atom stereocenters. The minimum absolute atomic E-state index is 0.733. The summed E-state index contributed by atoms with van der Waals surface area (Å²) >= 11 is 0. The largest absolute Gasteiger partial charge is 0.313 e. The maximum atomic E-state index is 11.7. The van der Waals surface area contributed by atoms with Crippen LogP contribution in [0, 0.1) is 20.8 Å². The molecule has 3 rings (SSSR count). The van der Waals surface area contributed by atoms with E-state index < -0.39 is 0 Å². The monoisotopic (exact) mass is 291 g/mol. The molecule has 3 aromatic rings. The minimum atomic E-state index is 0.733. The number of nitrogens with zero attached hydrogens (tertiary/aromatic N) is 1. The van der Waals surface area contributed by atoms with Crippen LogP contribution in [-0.4, -0.2) is 10.7 Å². The predicted octanol–water partition coefficient (Wildman–Crippen LogP) is 4.91. The number of benzene rings is 1. The highest BCUT2D eigenvalue weighted by atomic mass is 16.1. The van der Waals surface area contributed by atoms with Crippen LogP contribution in [0.1, 0.15) is 39.7 Å². The summed E-state index contributed by atoms with van der Waals surface area (Å²) < 4.78 is 2.01. The highest BCUT2D eigenvalue weighted by molar-refractivity contribution is 5.91. The Hall–Kier alpha value is -2.35. The van der Waals surface area contributed by atoms with E-state index in [9.17, 15) is 4.79 Å². The summed E-state index contributed by atoms with van der Waals surface area (Å²) in [5.74, 6) is 0. The van der Waals surface area contributed by atoms with Crippen LogP contribution in [0.15, 0.2) is 36.5 Å². The van der Waals surface area contributed by atoms with Crippen molar-refractivity contribution in [1.82, 2.24) is 4.40 Å². The summed E-state index contributed by atoms with van der Waals surface area (Å²) in [6.45, 7) is 8.47. The van der Waals surface area contributed by atoms with E-state index in [1.165, 1.54) is 22.3 Å². The van der Waals surface area contributed by atoms with E-state index in [4.69, 9.17) is 0 Å². The summed E-state index contributed by atoms with van der Waals surface area (Å²) in [5.41, 5.74) is 8.93. The fourth-order valence-corrected chi connectivity index (χ4v) is 3.03. The van der Waals surface area contributed by atoms with Gasteiger partial charge in [-0.1, -0.05) is 25.1 Å². The lowest BCUT2D eigenvalue weighted by Gasteiger charge is -2.09. The first-order chi connectivity index (χ1) is 10.5. The van der Waals surface area contributed by atoms with E-state index in [0.29, 0.717) is 0 Å². The zero-order chi connectivity index (χ0) is 15.9. The first-order valence-electron chi connectivity index (χ1n) is 7.72. The van der Waals surface area contributed by atoms with E-state index in [0.717, 1.165) is 35.0 Å². The molecule has 2 nitrogen and oxygen atoms in total. The van der Waals surface area contributed by atoms with Crippen molar-refractivity contribution >= 4 is 11.8 Å². The molecule has 0 bridgehead atoms. The smallest absolute Gasteiger partial charge is 0.167 e. The summed E-state index contributed by atoms with van der Waals surface area (Å²) in [7, 11) is 0. The van der Waals surface area contributed by atoms with Crippen molar-refractivity contribution in [3.63, 3.8) is 0 Å². The molecule has 0 saturated heterocycles. The standard InChI is InChI=1S/C20H21NO/c1-5-16-6-7-17-10-19(20(12-22)21(17)11-16)18-9-14(3)13(2)8-15(18)4/h6-12H,5H2,1-4H3. The van der Waals surface area contributed by atoms with Gasteiger partial charge < -0.3 is 4.40 Å². The van der Waals surface area contributed by atoms with Gasteiger partial charge in [0, 0.05) is 17.3 Å². The van der Waals surface area contributed by atoms with Crippen molar-refractivity contribution in [3.05, 3.63) is 64.5 Å². The zero-order valence-electron chi connectivity index (χ0n) is 13.6. The van der Waals surface area contributed by atoms with Gasteiger partial charge in [0.2, 0.25) is 0 Å². The molecule has 2 heteroatoms. The van der Waals surface area contributed by atoms with Crippen molar-refractivity contribution in [2.75, 3.05) is 0 Å². The maximum Gasteiger partial charge on any atom is 0.167 e. The molecule has 0 aliphatic heterocycles. The van der Waals surface area contributed by atoms with Crippen molar-refractivity contribution in [3.8, 4) is 11.1 Å². The number of aryl methyl sites for hydroxylation is 4. The number of fused-ring (bicyclic) bond motifs is 1. The Kier molecular flexibility index (Phi) is 3.61. The van der Waals surface area contributed by atoms with Crippen molar-refractivity contribution in [2.24, 2.45) is 0 Å². The Labute approximate surface area is 131 Å². The first kappa shape index (κ1) is 14.6. The molecule has 2 heterocycles. The number of aldehydes is 1. The second-order valence-corrected chi connectivity index (χ2v) is 6.00. The molecule has 22 heavy (non-hydrogen) atoms. The topological polar surface area (TPSA) is 21.5 Å². The minimum Gasteiger partial charge on any atom is -0.313 e. The van der Waals surface area contributed by atoms with Crippen molar-refractivity contribution in [2.45, 2.75) is 34.1 Å². The molecule has 0 saturated carbocycles. The lowest BCUT2D eigenvalue weighted by Crippen LogP contribution is -1.96. The van der Waals surface area contributed by atoms with Crippen LogP contribution in [0.25, 0.3) is 16.6 Å². The second-order valence-electron chi connectivity index (χ2n) is 6.00. The quantitative estimate of drug-likeness (QED) is 0.628. The Morgan fingerprint density at radius 2 is 1.68 bits per heavy atom. The van der Waals surface area contributed by atoms with Gasteiger partial charge in [0.05, 0.1) is 5.69 Å². The number of carbonyl (C=O) groups excluding carboxylic acids is 1. The molecule has 0 N–H and O–H groups in total. The van der Waals surface area contributed by atoms with Gasteiger partial charge in [-0.05, 0) is 67.1 Å². The average Bonchev–Trinajstić information content (AvgIpc) is 2.87. The van der Waals surface area contributed by atoms with Crippen LogP contribution in [0.2, 0.25) is 0 Å². The highest BCUT2D eigenvalue weighted by Gasteiger charge is 2.14. The Morgan fingerprint density at radius 3 is 2.36 bits per heavy atom. The number of hydrogen-bond donors (Lipinski definition) is 0. The predicted molar refractivity (Wildman–Crippen MR) is 91.8 cm³/mol. The molecule has 0 radical (unpaired) electrons. The number of hydrogen-bond acceptors (Lipinski definition) is 1. The Bertz CT molecular complexity index is 871. The fraction of sp³-hybridized carbons (Fsp3) is 0.250. The number of aromatic nitrogens is 1. The molecular formula is C20H21NO.